The summed E-state index contributed by atoms with van der Waals surface area (Å²) in [5, 5.41) is 45.4. The molecule has 0 aliphatic heterocycles. The molecule has 0 aliphatic carbocycles. The Morgan fingerprint density at radius 3 is 1.79 bits per heavy atom. The van der Waals surface area contributed by atoms with Crippen LogP contribution in [0.25, 0.3) is 0 Å². The van der Waals surface area contributed by atoms with Crippen molar-refractivity contribution in [2.75, 3.05) is 30.9 Å². The zero-order valence-corrected chi connectivity index (χ0v) is 32.4. The predicted molar refractivity (Wildman–Crippen MR) is 208 cm³/mol. The SMILES string of the molecule is C=C(NC)OO.C=CS(=O)(=O)c1ccc(N=Nc2c(N)c(N=Nc3cccc(S(=O)(=O)CCOS(=O)(=O)O)c3)c(N)c(N=Nc3cccc(C)c3)c2C(=O)O)cc1. The van der Waals surface area contributed by atoms with Gasteiger partial charge in [-0.05, 0) is 73.7 Å². The van der Waals surface area contributed by atoms with Crippen molar-refractivity contribution in [1.82, 2.24) is 5.32 Å². The Balaban J connectivity index is 0.00000134. The summed E-state index contributed by atoms with van der Waals surface area (Å²) in [6.07, 6.45) is 0. The second kappa shape index (κ2) is 19.4. The summed E-state index contributed by atoms with van der Waals surface area (Å²) in [7, 11) is -11.1. The molecule has 8 N–H and O–H groups in total. The van der Waals surface area contributed by atoms with Crippen molar-refractivity contribution in [1.29, 1.82) is 0 Å². The monoisotopic (exact) mass is 845 g/mol. The van der Waals surface area contributed by atoms with Gasteiger partial charge < -0.3 is 26.8 Å². The second-order valence-electron chi connectivity index (χ2n) is 11.0. The van der Waals surface area contributed by atoms with Crippen molar-refractivity contribution < 1.29 is 54.0 Å². The fourth-order valence-electron chi connectivity index (χ4n) is 4.23. The van der Waals surface area contributed by atoms with Gasteiger partial charge in [0.2, 0.25) is 5.88 Å². The van der Waals surface area contributed by atoms with Gasteiger partial charge in [-0.15, -0.1) is 15.3 Å². The Morgan fingerprint density at radius 2 is 1.32 bits per heavy atom. The lowest BCUT2D eigenvalue weighted by atomic mass is 10.1. The minimum Gasteiger partial charge on any atom is -0.478 e. The highest BCUT2D eigenvalue weighted by molar-refractivity contribution is 7.94. The van der Waals surface area contributed by atoms with Crippen LogP contribution >= 0.6 is 0 Å². The number of carbonyl (C=O) groups is 1. The van der Waals surface area contributed by atoms with E-state index in [0.29, 0.717) is 5.69 Å². The van der Waals surface area contributed by atoms with Crippen molar-refractivity contribution >= 4 is 81.5 Å². The number of carboxylic acid groups (broad SMARTS) is 1. The number of rotatable bonds is 16. The number of hydrogen-bond donors (Lipinski definition) is 6. The lowest BCUT2D eigenvalue weighted by Crippen LogP contribution is -2.15. The number of aryl methyl sites for hydroxylation is 1. The van der Waals surface area contributed by atoms with Crippen LogP contribution in [0.3, 0.4) is 0 Å². The van der Waals surface area contributed by atoms with Crippen LogP contribution in [0, 0.1) is 6.92 Å². The minimum atomic E-state index is -4.86. The molecule has 0 unspecified atom stereocenters. The van der Waals surface area contributed by atoms with E-state index in [9.17, 15) is 35.2 Å². The molecule has 57 heavy (non-hydrogen) atoms. The summed E-state index contributed by atoms with van der Waals surface area (Å²) in [6.45, 7) is 7.43. The molecule has 0 spiro atoms. The van der Waals surface area contributed by atoms with Crippen molar-refractivity contribution in [2.45, 2.75) is 16.7 Å². The number of anilines is 2. The number of hydrogen-bond acceptors (Lipinski definition) is 19. The van der Waals surface area contributed by atoms with Gasteiger partial charge in [0.05, 0.1) is 50.6 Å². The van der Waals surface area contributed by atoms with E-state index in [-0.39, 0.29) is 38.4 Å². The third-order valence-corrected chi connectivity index (χ3v) is 10.5. The van der Waals surface area contributed by atoms with E-state index in [4.69, 9.17) is 21.3 Å². The average molecular weight is 846 g/mol. The lowest BCUT2D eigenvalue weighted by molar-refractivity contribution is -0.207. The zero-order valence-electron chi connectivity index (χ0n) is 29.9. The maximum absolute atomic E-state index is 12.7. The Bertz CT molecular complexity index is 2570. The molecule has 0 saturated heterocycles. The van der Waals surface area contributed by atoms with E-state index in [1.165, 1.54) is 42.5 Å². The Kier molecular flexibility index (Phi) is 15.3. The fraction of sp³-hybridized carbons (Fsp3) is 0.121. The first-order valence-corrected chi connectivity index (χ1v) is 20.2. The maximum atomic E-state index is 12.7. The molecule has 0 radical (unpaired) electrons. The summed E-state index contributed by atoms with van der Waals surface area (Å²) in [5.41, 5.74) is 11.3. The molecule has 4 aromatic rings. The van der Waals surface area contributed by atoms with Crippen LogP contribution in [-0.4, -0.2) is 65.5 Å². The van der Waals surface area contributed by atoms with Crippen molar-refractivity contribution in [3.05, 3.63) is 108 Å². The number of nitrogens with one attached hydrogen (secondary N) is 1. The van der Waals surface area contributed by atoms with Crippen LogP contribution in [0.4, 0.5) is 45.5 Å². The average Bonchev–Trinajstić information content (AvgIpc) is 3.16. The van der Waals surface area contributed by atoms with E-state index in [1.54, 1.807) is 25.2 Å². The van der Waals surface area contributed by atoms with Gasteiger partial charge >= 0.3 is 16.4 Å². The molecule has 0 aliphatic rings. The summed E-state index contributed by atoms with van der Waals surface area (Å²) in [5.74, 6) is -2.22. The minimum absolute atomic E-state index is 0.0476. The van der Waals surface area contributed by atoms with Crippen LogP contribution < -0.4 is 16.8 Å². The molecule has 24 heteroatoms. The van der Waals surface area contributed by atoms with E-state index < -0.39 is 71.0 Å². The second-order valence-corrected chi connectivity index (χ2v) is 16.1. The molecule has 0 bridgehead atoms. The highest BCUT2D eigenvalue weighted by atomic mass is 32.3. The topological polar surface area (TPSA) is 337 Å². The number of sulfone groups is 2. The highest BCUT2D eigenvalue weighted by Crippen LogP contribution is 2.49. The number of carboxylic acids is 1. The zero-order chi connectivity index (χ0) is 42.6. The van der Waals surface area contributed by atoms with Crippen molar-refractivity contribution in [3.63, 3.8) is 0 Å². The van der Waals surface area contributed by atoms with Crippen molar-refractivity contribution in [2.24, 2.45) is 30.7 Å². The molecule has 4 rings (SSSR count). The standard InChI is InChI=1S/C30H28N8O10S3.C3H7NO2/c1-3-49(41,42)22-12-10-19(11-13-22)33-36-27-24(30(39)40)28(37-34-20-7-4-6-18(2)16-20)26(32)29(25(27)31)38-35-21-8-5-9-23(17-21)50(43,44)15-14-48-51(45,46)47;1-3(4-2)6-5/h3-13,16-17H,1,14-15,31-32H2,2H3,(H,39,40)(H,45,46,47);4-5H,1H2,2H3. The Morgan fingerprint density at radius 1 is 0.789 bits per heavy atom. The maximum Gasteiger partial charge on any atom is 0.397 e. The fourth-order valence-corrected chi connectivity index (χ4v) is 6.46. The summed E-state index contributed by atoms with van der Waals surface area (Å²) < 4.78 is 84.0. The first-order chi connectivity index (χ1) is 26.7. The third-order valence-electron chi connectivity index (χ3n) is 7.04. The quantitative estimate of drug-likeness (QED) is 0.0169. The van der Waals surface area contributed by atoms with Crippen molar-refractivity contribution in [3.8, 4) is 0 Å². The molecule has 4 aromatic carbocycles. The highest BCUT2D eigenvalue weighted by Gasteiger charge is 2.27. The molecule has 0 saturated carbocycles. The molecule has 0 atom stereocenters. The number of nitrogens with two attached hydrogens (primary N) is 2. The van der Waals surface area contributed by atoms with Crippen LogP contribution in [0.15, 0.2) is 138 Å². The first-order valence-electron chi connectivity index (χ1n) is 15.6. The molecule has 0 fully saturated rings. The van der Waals surface area contributed by atoms with Crippen LogP contribution in [0.2, 0.25) is 0 Å². The van der Waals surface area contributed by atoms with Gasteiger partial charge in [0, 0.05) is 12.5 Å². The lowest BCUT2D eigenvalue weighted by Gasteiger charge is -2.13. The van der Waals surface area contributed by atoms with Gasteiger partial charge in [-0.1, -0.05) is 24.8 Å². The van der Waals surface area contributed by atoms with Crippen LogP contribution in [0.1, 0.15) is 15.9 Å². The Hall–Kier alpha value is -6.44. The number of nitrogen functional groups attached to an aromatic ring is 2. The van der Waals surface area contributed by atoms with E-state index >= 15 is 0 Å². The molecule has 0 amide bonds. The number of benzene rings is 4. The largest absolute Gasteiger partial charge is 0.478 e. The van der Waals surface area contributed by atoms with Crippen LogP contribution in [0.5, 0.6) is 0 Å². The number of aromatic carboxylic acids is 1. The molecule has 0 heterocycles. The van der Waals surface area contributed by atoms with Crippen LogP contribution in [-0.2, 0) is 39.1 Å². The number of azo groups is 3. The normalized spacial score (nSPS) is 12.0. The molecule has 0 aromatic heterocycles. The molecule has 302 valence electrons. The smallest absolute Gasteiger partial charge is 0.397 e. The third kappa shape index (κ3) is 12.8. The van der Waals surface area contributed by atoms with Gasteiger partial charge in [0.15, 0.2) is 19.7 Å². The number of nitrogens with zero attached hydrogens (tertiary/aromatic N) is 6. The molecular weight excluding hydrogens is 811 g/mol. The summed E-state index contributed by atoms with van der Waals surface area (Å²) in [6, 6.07) is 16.9. The van der Waals surface area contributed by atoms with Gasteiger partial charge in [0.1, 0.15) is 22.6 Å². The Labute approximate surface area is 326 Å². The summed E-state index contributed by atoms with van der Waals surface area (Å²) in [4.78, 5) is 15.8. The van der Waals surface area contributed by atoms with Gasteiger partial charge in [-0.3, -0.25) is 4.55 Å². The molecule has 21 nitrogen and oxygen atoms in total. The van der Waals surface area contributed by atoms with Gasteiger partial charge in [0.25, 0.3) is 0 Å². The van der Waals surface area contributed by atoms with E-state index in [1.807, 2.05) is 13.0 Å². The van der Waals surface area contributed by atoms with E-state index in [0.717, 1.165) is 17.0 Å². The molecular formula is C33H35N9O12S3. The van der Waals surface area contributed by atoms with E-state index in [2.05, 4.69) is 58.2 Å². The summed E-state index contributed by atoms with van der Waals surface area (Å²) >= 11 is 0. The van der Waals surface area contributed by atoms with Gasteiger partial charge in [-0.25, -0.2) is 31.1 Å². The van der Waals surface area contributed by atoms with Gasteiger partial charge in [-0.2, -0.15) is 23.8 Å². The first kappa shape index (κ1) is 45.0. The predicted octanol–water partition coefficient (Wildman–Crippen LogP) is 6.78.